The van der Waals surface area contributed by atoms with Crippen molar-refractivity contribution in [1.29, 1.82) is 0 Å². The number of nitrogens with one attached hydrogen (secondary N) is 1. The highest BCUT2D eigenvalue weighted by Gasteiger charge is 2.26. The van der Waals surface area contributed by atoms with Crippen molar-refractivity contribution >= 4 is 5.82 Å². The van der Waals surface area contributed by atoms with Gasteiger partial charge in [0.2, 0.25) is 0 Å². The molecule has 6 heteroatoms. The van der Waals surface area contributed by atoms with E-state index in [2.05, 4.69) is 24.8 Å². The lowest BCUT2D eigenvalue weighted by Crippen LogP contribution is -2.35. The van der Waals surface area contributed by atoms with Crippen LogP contribution in [0.25, 0.3) is 0 Å². The first kappa shape index (κ1) is 12.9. The van der Waals surface area contributed by atoms with Crippen LogP contribution in [0.1, 0.15) is 30.3 Å². The van der Waals surface area contributed by atoms with Crippen molar-refractivity contribution < 1.29 is 4.74 Å². The number of hydrogen-bond acceptors (Lipinski definition) is 5. The molecule has 0 saturated carbocycles. The largest absolute Gasteiger partial charge is 0.491 e. The molecule has 1 aliphatic rings. The summed E-state index contributed by atoms with van der Waals surface area (Å²) in [5, 5.41) is 0. The number of hydrogen-bond donors (Lipinski definition) is 1. The Morgan fingerprint density at radius 3 is 3.00 bits per heavy atom. The summed E-state index contributed by atoms with van der Waals surface area (Å²) >= 11 is 0. The second kappa shape index (κ2) is 5.48. The molecule has 1 unspecified atom stereocenters. The minimum Gasteiger partial charge on any atom is -0.491 e. The number of nitrogens with zero attached hydrogens (tertiary/aromatic N) is 4. The van der Waals surface area contributed by atoms with E-state index in [9.17, 15) is 0 Å². The Morgan fingerprint density at radius 1 is 1.35 bits per heavy atom. The maximum Gasteiger partial charge on any atom is 0.182 e. The fraction of sp³-hybridized carbons (Fsp3) is 0.500. The Balaban J connectivity index is 1.85. The van der Waals surface area contributed by atoms with Crippen LogP contribution in [0, 0.1) is 6.92 Å². The molecule has 3 rings (SSSR count). The van der Waals surface area contributed by atoms with E-state index >= 15 is 0 Å². The Labute approximate surface area is 118 Å². The third-order valence-corrected chi connectivity index (χ3v) is 3.79. The number of piperidine rings is 1. The highest BCUT2D eigenvalue weighted by atomic mass is 16.5. The average Bonchev–Trinajstić information content (AvgIpc) is 3.01. The van der Waals surface area contributed by atoms with Crippen molar-refractivity contribution in [3.05, 3.63) is 30.2 Å². The Hall–Kier alpha value is -2.11. The van der Waals surface area contributed by atoms with Crippen molar-refractivity contribution in [3.63, 3.8) is 0 Å². The molecule has 0 aromatic carbocycles. The molecule has 3 heterocycles. The number of ether oxygens (including phenoxy) is 1. The molecule has 6 nitrogen and oxygen atoms in total. The van der Waals surface area contributed by atoms with Crippen LogP contribution < -0.4 is 9.64 Å². The number of H-pyrrole nitrogens is 1. The lowest BCUT2D eigenvalue weighted by molar-refractivity contribution is 0.402. The molecule has 20 heavy (non-hydrogen) atoms. The number of rotatable bonds is 3. The summed E-state index contributed by atoms with van der Waals surface area (Å²) in [5.74, 6) is 3.13. The number of aryl methyl sites for hydroxylation is 1. The second-order valence-corrected chi connectivity index (χ2v) is 5.08. The minimum atomic E-state index is 0.415. The molecular weight excluding hydrogens is 254 g/mol. The van der Waals surface area contributed by atoms with Crippen LogP contribution in [0.15, 0.2) is 18.7 Å². The number of anilines is 1. The molecular formula is C14H19N5O. The van der Waals surface area contributed by atoms with E-state index in [0.717, 1.165) is 49.0 Å². The standard InChI is InChI=1S/C14H19N5O/c1-10-12(20-2)14(18-9-17-10)19-7-3-4-11(8-19)13-15-5-6-16-13/h5-6,9,11H,3-4,7-8H2,1-2H3,(H,15,16). The first-order chi connectivity index (χ1) is 9.79. The monoisotopic (exact) mass is 273 g/mol. The summed E-state index contributed by atoms with van der Waals surface area (Å²) in [6.07, 6.45) is 7.56. The van der Waals surface area contributed by atoms with Gasteiger partial charge in [0, 0.05) is 31.4 Å². The van der Waals surface area contributed by atoms with E-state index in [1.165, 1.54) is 0 Å². The highest BCUT2D eigenvalue weighted by Crippen LogP contribution is 2.33. The van der Waals surface area contributed by atoms with Gasteiger partial charge in [-0.05, 0) is 19.8 Å². The van der Waals surface area contributed by atoms with Crippen LogP contribution in [-0.2, 0) is 0 Å². The van der Waals surface area contributed by atoms with Gasteiger partial charge in [0.25, 0.3) is 0 Å². The molecule has 1 aliphatic heterocycles. The molecule has 2 aromatic rings. The zero-order valence-corrected chi connectivity index (χ0v) is 11.8. The summed E-state index contributed by atoms with van der Waals surface area (Å²) in [5.41, 5.74) is 0.873. The average molecular weight is 273 g/mol. The van der Waals surface area contributed by atoms with Crippen molar-refractivity contribution in [3.8, 4) is 5.75 Å². The summed E-state index contributed by atoms with van der Waals surface area (Å²) in [7, 11) is 1.67. The lowest BCUT2D eigenvalue weighted by Gasteiger charge is -2.33. The minimum absolute atomic E-state index is 0.415. The molecule has 0 aliphatic carbocycles. The van der Waals surface area contributed by atoms with Crippen LogP contribution in [0.3, 0.4) is 0 Å². The SMILES string of the molecule is COc1c(C)ncnc1N1CCCC(c2ncc[nH]2)C1. The molecule has 0 radical (unpaired) electrons. The molecule has 1 saturated heterocycles. The van der Waals surface area contributed by atoms with Gasteiger partial charge in [-0.15, -0.1) is 0 Å². The third-order valence-electron chi connectivity index (χ3n) is 3.79. The van der Waals surface area contributed by atoms with E-state index in [0.29, 0.717) is 5.92 Å². The molecule has 0 spiro atoms. The van der Waals surface area contributed by atoms with Gasteiger partial charge < -0.3 is 14.6 Å². The first-order valence-electron chi connectivity index (χ1n) is 6.89. The third kappa shape index (κ3) is 2.33. The van der Waals surface area contributed by atoms with Gasteiger partial charge in [0.05, 0.1) is 12.8 Å². The van der Waals surface area contributed by atoms with Gasteiger partial charge in [-0.1, -0.05) is 0 Å². The van der Waals surface area contributed by atoms with Crippen LogP contribution in [0.2, 0.25) is 0 Å². The van der Waals surface area contributed by atoms with Gasteiger partial charge in [0.1, 0.15) is 12.2 Å². The zero-order valence-electron chi connectivity index (χ0n) is 11.8. The summed E-state index contributed by atoms with van der Waals surface area (Å²) in [4.78, 5) is 18.5. The summed E-state index contributed by atoms with van der Waals surface area (Å²) in [6, 6.07) is 0. The maximum absolute atomic E-state index is 5.47. The van der Waals surface area contributed by atoms with Gasteiger partial charge in [0.15, 0.2) is 11.6 Å². The van der Waals surface area contributed by atoms with Crippen LogP contribution in [0.5, 0.6) is 5.75 Å². The predicted molar refractivity (Wildman–Crippen MR) is 76.1 cm³/mol. The molecule has 0 amide bonds. The maximum atomic E-state index is 5.47. The molecule has 0 bridgehead atoms. The molecule has 106 valence electrons. The molecule has 2 aromatic heterocycles. The topological polar surface area (TPSA) is 66.9 Å². The first-order valence-corrected chi connectivity index (χ1v) is 6.89. The molecule has 1 fully saturated rings. The van der Waals surface area contributed by atoms with Crippen LogP contribution >= 0.6 is 0 Å². The van der Waals surface area contributed by atoms with Gasteiger partial charge >= 0.3 is 0 Å². The van der Waals surface area contributed by atoms with Crippen molar-refractivity contribution in [1.82, 2.24) is 19.9 Å². The lowest BCUT2D eigenvalue weighted by atomic mass is 9.97. The van der Waals surface area contributed by atoms with E-state index in [4.69, 9.17) is 4.74 Å². The Kier molecular flexibility index (Phi) is 3.54. The molecule has 1 atom stereocenters. The Bertz CT molecular complexity index is 569. The van der Waals surface area contributed by atoms with Gasteiger partial charge in [-0.25, -0.2) is 15.0 Å². The fourth-order valence-corrected chi connectivity index (χ4v) is 2.81. The van der Waals surface area contributed by atoms with Gasteiger partial charge in [-0.3, -0.25) is 0 Å². The van der Waals surface area contributed by atoms with Crippen molar-refractivity contribution in [2.24, 2.45) is 0 Å². The quantitative estimate of drug-likeness (QED) is 0.925. The number of aromatic amines is 1. The van der Waals surface area contributed by atoms with E-state index in [-0.39, 0.29) is 0 Å². The fourth-order valence-electron chi connectivity index (χ4n) is 2.81. The van der Waals surface area contributed by atoms with Crippen molar-refractivity contribution in [2.45, 2.75) is 25.7 Å². The van der Waals surface area contributed by atoms with E-state index < -0.39 is 0 Å². The van der Waals surface area contributed by atoms with Crippen LogP contribution in [-0.4, -0.2) is 40.1 Å². The van der Waals surface area contributed by atoms with Gasteiger partial charge in [-0.2, -0.15) is 0 Å². The second-order valence-electron chi connectivity index (χ2n) is 5.08. The number of aromatic nitrogens is 4. The van der Waals surface area contributed by atoms with Crippen LogP contribution in [0.4, 0.5) is 5.82 Å². The summed E-state index contributed by atoms with van der Waals surface area (Å²) < 4.78 is 5.47. The molecule has 1 N–H and O–H groups in total. The van der Waals surface area contributed by atoms with Crippen molar-refractivity contribution in [2.75, 3.05) is 25.1 Å². The summed E-state index contributed by atoms with van der Waals surface area (Å²) in [6.45, 7) is 3.84. The smallest absolute Gasteiger partial charge is 0.182 e. The highest BCUT2D eigenvalue weighted by molar-refractivity contribution is 5.54. The predicted octanol–water partition coefficient (Wildman–Crippen LogP) is 1.90. The normalized spacial score (nSPS) is 19.1. The Morgan fingerprint density at radius 2 is 2.25 bits per heavy atom. The zero-order chi connectivity index (χ0) is 13.9. The number of imidazole rings is 1. The van der Waals surface area contributed by atoms with E-state index in [1.54, 1.807) is 13.4 Å². The number of methoxy groups -OCH3 is 1. The van der Waals surface area contributed by atoms with E-state index in [1.807, 2.05) is 19.3 Å².